The molecule has 0 aromatic heterocycles. The van der Waals surface area contributed by atoms with Crippen LogP contribution in [0.2, 0.25) is 0 Å². The van der Waals surface area contributed by atoms with Gasteiger partial charge < -0.3 is 10.6 Å². The molecule has 2 aromatic carbocycles. The minimum absolute atomic E-state index is 0.00597. The van der Waals surface area contributed by atoms with Crippen LogP contribution in [0.1, 0.15) is 17.0 Å². The average Bonchev–Trinajstić information content (AvgIpc) is 2.61. The van der Waals surface area contributed by atoms with Crippen molar-refractivity contribution in [2.75, 3.05) is 13.1 Å². The third kappa shape index (κ3) is 4.81. The van der Waals surface area contributed by atoms with E-state index in [0.717, 1.165) is 11.1 Å². The number of hydrogen-bond donors (Lipinski definition) is 2. The first-order valence-corrected chi connectivity index (χ1v) is 7.49. The highest BCUT2D eigenvalue weighted by atomic mass is 16.2. The Kier molecular flexibility index (Phi) is 6.12. The van der Waals surface area contributed by atoms with E-state index < -0.39 is 11.8 Å². The van der Waals surface area contributed by atoms with Crippen molar-refractivity contribution in [1.29, 1.82) is 0 Å². The number of hydrogen-bond acceptors (Lipinski definition) is 2. The number of amides is 2. The molecule has 0 saturated heterocycles. The Bertz CT molecular complexity index is 614. The SMILES string of the molecule is C=CCNC(=O)C(=O)NCC(c1ccccc1)c1ccccc1. The quantitative estimate of drug-likeness (QED) is 0.635. The van der Waals surface area contributed by atoms with Gasteiger partial charge in [-0.15, -0.1) is 6.58 Å². The second-order valence-electron chi connectivity index (χ2n) is 5.08. The van der Waals surface area contributed by atoms with Crippen molar-refractivity contribution in [1.82, 2.24) is 10.6 Å². The zero-order chi connectivity index (χ0) is 16.5. The van der Waals surface area contributed by atoms with E-state index >= 15 is 0 Å². The topological polar surface area (TPSA) is 58.2 Å². The zero-order valence-corrected chi connectivity index (χ0v) is 12.9. The second kappa shape index (κ2) is 8.54. The molecule has 2 aromatic rings. The molecule has 0 unspecified atom stereocenters. The first-order valence-electron chi connectivity index (χ1n) is 7.49. The van der Waals surface area contributed by atoms with Gasteiger partial charge in [0.15, 0.2) is 0 Å². The Morgan fingerprint density at radius 3 is 1.83 bits per heavy atom. The van der Waals surface area contributed by atoms with Crippen LogP contribution < -0.4 is 10.6 Å². The minimum atomic E-state index is -0.648. The third-order valence-electron chi connectivity index (χ3n) is 3.48. The van der Waals surface area contributed by atoms with Crippen molar-refractivity contribution in [2.24, 2.45) is 0 Å². The molecule has 0 saturated carbocycles. The molecular weight excluding hydrogens is 288 g/mol. The van der Waals surface area contributed by atoms with E-state index in [1.54, 1.807) is 0 Å². The smallest absolute Gasteiger partial charge is 0.309 e. The van der Waals surface area contributed by atoms with Crippen LogP contribution in [0.3, 0.4) is 0 Å². The van der Waals surface area contributed by atoms with Gasteiger partial charge in [-0.2, -0.15) is 0 Å². The molecule has 0 radical (unpaired) electrons. The molecule has 0 aliphatic rings. The Morgan fingerprint density at radius 1 is 0.870 bits per heavy atom. The molecular formula is C19H20N2O2. The third-order valence-corrected chi connectivity index (χ3v) is 3.48. The molecule has 0 bridgehead atoms. The summed E-state index contributed by atoms with van der Waals surface area (Å²) in [5.74, 6) is -1.29. The molecule has 0 aliphatic heterocycles. The fourth-order valence-electron chi connectivity index (χ4n) is 2.32. The van der Waals surface area contributed by atoms with Crippen LogP contribution in [0.5, 0.6) is 0 Å². The predicted octanol–water partition coefficient (Wildman–Crippen LogP) is 2.24. The van der Waals surface area contributed by atoms with Crippen LogP contribution in [0, 0.1) is 0 Å². The van der Waals surface area contributed by atoms with E-state index in [2.05, 4.69) is 17.2 Å². The summed E-state index contributed by atoms with van der Waals surface area (Å²) in [6.07, 6.45) is 1.53. The van der Waals surface area contributed by atoms with Crippen LogP contribution in [0.15, 0.2) is 73.3 Å². The highest BCUT2D eigenvalue weighted by Crippen LogP contribution is 2.23. The van der Waals surface area contributed by atoms with Crippen molar-refractivity contribution in [3.8, 4) is 0 Å². The zero-order valence-electron chi connectivity index (χ0n) is 12.9. The summed E-state index contributed by atoms with van der Waals surface area (Å²) >= 11 is 0. The van der Waals surface area contributed by atoms with Crippen LogP contribution >= 0.6 is 0 Å². The molecule has 2 rings (SSSR count). The molecule has 2 amide bonds. The van der Waals surface area contributed by atoms with Gasteiger partial charge in [-0.3, -0.25) is 9.59 Å². The highest BCUT2D eigenvalue weighted by Gasteiger charge is 2.18. The Balaban J connectivity index is 2.09. The average molecular weight is 308 g/mol. The fraction of sp³-hybridized carbons (Fsp3) is 0.158. The van der Waals surface area contributed by atoms with Gasteiger partial charge >= 0.3 is 11.8 Å². The maximum atomic E-state index is 11.9. The lowest BCUT2D eigenvalue weighted by molar-refractivity contribution is -0.139. The molecule has 23 heavy (non-hydrogen) atoms. The lowest BCUT2D eigenvalue weighted by Crippen LogP contribution is -2.41. The van der Waals surface area contributed by atoms with E-state index in [1.165, 1.54) is 6.08 Å². The largest absolute Gasteiger partial charge is 0.347 e. The maximum absolute atomic E-state index is 11.9. The van der Waals surface area contributed by atoms with Gasteiger partial charge in [-0.1, -0.05) is 66.7 Å². The number of carbonyl (C=O) groups excluding carboxylic acids is 2. The Morgan fingerprint density at radius 2 is 1.35 bits per heavy atom. The van der Waals surface area contributed by atoms with Crippen molar-refractivity contribution < 1.29 is 9.59 Å². The van der Waals surface area contributed by atoms with Crippen LogP contribution in [0.25, 0.3) is 0 Å². The van der Waals surface area contributed by atoms with Crippen LogP contribution in [-0.4, -0.2) is 24.9 Å². The number of nitrogens with one attached hydrogen (secondary N) is 2. The van der Waals surface area contributed by atoms with Gasteiger partial charge in [0.1, 0.15) is 0 Å². The molecule has 4 heteroatoms. The lowest BCUT2D eigenvalue weighted by Gasteiger charge is -2.18. The molecule has 4 nitrogen and oxygen atoms in total. The normalized spacial score (nSPS) is 10.1. The van der Waals surface area contributed by atoms with E-state index in [-0.39, 0.29) is 12.5 Å². The standard InChI is InChI=1S/C19H20N2O2/c1-2-13-20-18(22)19(23)21-14-17(15-9-5-3-6-10-15)16-11-7-4-8-12-16/h2-12,17H,1,13-14H2,(H,20,22)(H,21,23). The molecule has 0 atom stereocenters. The summed E-state index contributed by atoms with van der Waals surface area (Å²) in [4.78, 5) is 23.5. The Hall–Kier alpha value is -2.88. The van der Waals surface area contributed by atoms with Gasteiger partial charge in [-0.25, -0.2) is 0 Å². The van der Waals surface area contributed by atoms with Crippen molar-refractivity contribution in [3.63, 3.8) is 0 Å². The highest BCUT2D eigenvalue weighted by molar-refractivity contribution is 6.35. The summed E-state index contributed by atoms with van der Waals surface area (Å²) < 4.78 is 0. The van der Waals surface area contributed by atoms with Crippen molar-refractivity contribution in [3.05, 3.63) is 84.4 Å². The second-order valence-corrected chi connectivity index (χ2v) is 5.08. The lowest BCUT2D eigenvalue weighted by atomic mass is 9.91. The number of benzene rings is 2. The van der Waals surface area contributed by atoms with Crippen LogP contribution in [0.4, 0.5) is 0 Å². The van der Waals surface area contributed by atoms with Gasteiger partial charge in [0, 0.05) is 19.0 Å². The first kappa shape index (κ1) is 16.5. The Labute approximate surface area is 136 Å². The van der Waals surface area contributed by atoms with Gasteiger partial charge in [-0.05, 0) is 11.1 Å². The first-order chi connectivity index (χ1) is 11.2. The molecule has 0 heterocycles. The van der Waals surface area contributed by atoms with Crippen LogP contribution in [-0.2, 0) is 9.59 Å². The minimum Gasteiger partial charge on any atom is -0.347 e. The van der Waals surface area contributed by atoms with E-state index in [1.807, 2.05) is 60.7 Å². The van der Waals surface area contributed by atoms with Crippen molar-refractivity contribution in [2.45, 2.75) is 5.92 Å². The van der Waals surface area contributed by atoms with Gasteiger partial charge in [0.2, 0.25) is 0 Å². The van der Waals surface area contributed by atoms with Gasteiger partial charge in [0.25, 0.3) is 0 Å². The van der Waals surface area contributed by atoms with E-state index in [4.69, 9.17) is 0 Å². The monoisotopic (exact) mass is 308 g/mol. The summed E-state index contributed by atoms with van der Waals surface area (Å²) in [6.45, 7) is 4.13. The molecule has 0 fully saturated rings. The number of carbonyl (C=O) groups is 2. The van der Waals surface area contributed by atoms with E-state index in [9.17, 15) is 9.59 Å². The summed E-state index contributed by atoms with van der Waals surface area (Å²) in [7, 11) is 0. The van der Waals surface area contributed by atoms with Gasteiger partial charge in [0.05, 0.1) is 0 Å². The summed E-state index contributed by atoms with van der Waals surface area (Å²) in [6, 6.07) is 19.8. The maximum Gasteiger partial charge on any atom is 0.309 e. The molecule has 0 aliphatic carbocycles. The summed E-state index contributed by atoms with van der Waals surface area (Å²) in [5, 5.41) is 5.17. The molecule has 0 spiro atoms. The van der Waals surface area contributed by atoms with E-state index in [0.29, 0.717) is 6.54 Å². The summed E-state index contributed by atoms with van der Waals surface area (Å²) in [5.41, 5.74) is 2.18. The van der Waals surface area contributed by atoms with Crippen molar-refractivity contribution >= 4 is 11.8 Å². The predicted molar refractivity (Wildman–Crippen MR) is 90.9 cm³/mol. The fourth-order valence-corrected chi connectivity index (χ4v) is 2.32. The molecule has 2 N–H and O–H groups in total. The molecule has 118 valence electrons. The number of rotatable bonds is 6.